The van der Waals surface area contributed by atoms with Gasteiger partial charge < -0.3 is 25.0 Å². The van der Waals surface area contributed by atoms with Crippen LogP contribution >= 0.6 is 11.8 Å². The Kier molecular flexibility index (Phi) is 8.97. The minimum Gasteiger partial charge on any atom is -0.497 e. The molecule has 0 saturated carbocycles. The van der Waals surface area contributed by atoms with Crippen molar-refractivity contribution in [2.75, 3.05) is 39.1 Å². The molecule has 2 aromatic heterocycles. The first kappa shape index (κ1) is 25.9. The first-order valence-electron chi connectivity index (χ1n) is 12.2. The average molecular weight is 498 g/mol. The molecule has 1 aliphatic rings. The molecule has 1 saturated heterocycles. The lowest BCUT2D eigenvalue weighted by Crippen LogP contribution is -2.43. The van der Waals surface area contributed by atoms with Gasteiger partial charge in [-0.2, -0.15) is 0 Å². The number of ether oxygens (including phenoxy) is 1. The SMILES string of the molecule is COc1ccc2ncc(CO)c([C@H](O)CCC3(CO)CCN(CCSc4ccccn4)CC3)c2c1. The zero-order chi connectivity index (χ0) is 24.7. The molecular weight excluding hydrogens is 462 g/mol. The van der Waals surface area contributed by atoms with Crippen molar-refractivity contribution in [3.8, 4) is 5.75 Å². The fraction of sp³-hybridized carbons (Fsp3) is 0.481. The normalized spacial score (nSPS) is 16.9. The van der Waals surface area contributed by atoms with Gasteiger partial charge in [0.2, 0.25) is 0 Å². The van der Waals surface area contributed by atoms with Gasteiger partial charge in [-0.05, 0) is 80.1 Å². The maximum Gasteiger partial charge on any atom is 0.119 e. The van der Waals surface area contributed by atoms with Crippen LogP contribution in [0.3, 0.4) is 0 Å². The number of aliphatic hydroxyl groups excluding tert-OH is 3. The summed E-state index contributed by atoms with van der Waals surface area (Å²) in [6.07, 6.45) is 5.74. The number of hydrogen-bond donors (Lipinski definition) is 3. The Morgan fingerprint density at radius 3 is 2.66 bits per heavy atom. The minimum atomic E-state index is -0.758. The summed E-state index contributed by atoms with van der Waals surface area (Å²) in [7, 11) is 1.61. The molecule has 7 nitrogen and oxygen atoms in total. The second-order valence-corrected chi connectivity index (χ2v) is 10.4. The number of benzene rings is 1. The summed E-state index contributed by atoms with van der Waals surface area (Å²) in [5, 5.41) is 33.3. The molecule has 1 aromatic carbocycles. The first-order chi connectivity index (χ1) is 17.1. The Balaban J connectivity index is 1.36. The molecule has 3 aromatic rings. The van der Waals surface area contributed by atoms with Gasteiger partial charge in [-0.3, -0.25) is 4.98 Å². The molecule has 0 bridgehead atoms. The van der Waals surface area contributed by atoms with Crippen molar-refractivity contribution in [1.82, 2.24) is 14.9 Å². The lowest BCUT2D eigenvalue weighted by molar-refractivity contribution is 0.0252. The second kappa shape index (κ2) is 12.1. The second-order valence-electron chi connectivity index (χ2n) is 9.31. The van der Waals surface area contributed by atoms with Crippen molar-refractivity contribution in [1.29, 1.82) is 0 Å². The van der Waals surface area contributed by atoms with Crippen LogP contribution in [0.15, 0.2) is 53.8 Å². The summed E-state index contributed by atoms with van der Waals surface area (Å²) in [4.78, 5) is 11.2. The summed E-state index contributed by atoms with van der Waals surface area (Å²) in [6.45, 7) is 2.81. The predicted octanol–water partition coefficient (Wildman–Crippen LogP) is 3.81. The van der Waals surface area contributed by atoms with Gasteiger partial charge in [0.15, 0.2) is 0 Å². The summed E-state index contributed by atoms with van der Waals surface area (Å²) in [5.41, 5.74) is 1.89. The third-order valence-corrected chi connectivity index (χ3v) is 8.12. The molecule has 0 unspecified atom stereocenters. The van der Waals surface area contributed by atoms with Crippen LogP contribution in [0.2, 0.25) is 0 Å². The Morgan fingerprint density at radius 2 is 1.97 bits per heavy atom. The van der Waals surface area contributed by atoms with Crippen molar-refractivity contribution in [3.63, 3.8) is 0 Å². The van der Waals surface area contributed by atoms with E-state index in [0.29, 0.717) is 23.3 Å². The molecule has 0 radical (unpaired) electrons. The molecule has 188 valence electrons. The van der Waals surface area contributed by atoms with Crippen LogP contribution in [0.25, 0.3) is 10.9 Å². The van der Waals surface area contributed by atoms with E-state index in [2.05, 4.69) is 14.9 Å². The van der Waals surface area contributed by atoms with E-state index in [1.54, 1.807) is 25.1 Å². The van der Waals surface area contributed by atoms with Gasteiger partial charge in [-0.25, -0.2) is 4.98 Å². The van der Waals surface area contributed by atoms with E-state index >= 15 is 0 Å². The molecule has 1 aliphatic heterocycles. The molecule has 1 fully saturated rings. The maximum absolute atomic E-state index is 11.2. The van der Waals surface area contributed by atoms with Gasteiger partial charge in [0.1, 0.15) is 5.75 Å². The van der Waals surface area contributed by atoms with E-state index in [1.165, 1.54) is 0 Å². The fourth-order valence-corrected chi connectivity index (χ4v) is 5.79. The van der Waals surface area contributed by atoms with Crippen LogP contribution in [-0.4, -0.2) is 69.3 Å². The van der Waals surface area contributed by atoms with Crippen LogP contribution in [-0.2, 0) is 6.61 Å². The number of thioether (sulfide) groups is 1. The highest BCUT2D eigenvalue weighted by molar-refractivity contribution is 7.99. The van der Waals surface area contributed by atoms with E-state index in [-0.39, 0.29) is 18.6 Å². The zero-order valence-electron chi connectivity index (χ0n) is 20.3. The van der Waals surface area contributed by atoms with E-state index in [0.717, 1.165) is 60.6 Å². The first-order valence-corrected chi connectivity index (χ1v) is 13.2. The summed E-state index contributed by atoms with van der Waals surface area (Å²) < 4.78 is 5.37. The summed E-state index contributed by atoms with van der Waals surface area (Å²) in [5.74, 6) is 1.67. The third-order valence-electron chi connectivity index (χ3n) is 7.20. The van der Waals surface area contributed by atoms with E-state index in [9.17, 15) is 15.3 Å². The van der Waals surface area contributed by atoms with Crippen molar-refractivity contribution in [3.05, 3.63) is 59.9 Å². The molecule has 8 heteroatoms. The van der Waals surface area contributed by atoms with Crippen LogP contribution in [0.5, 0.6) is 5.75 Å². The number of aromatic nitrogens is 2. The van der Waals surface area contributed by atoms with Crippen LogP contribution in [0, 0.1) is 5.41 Å². The molecule has 3 N–H and O–H groups in total. The lowest BCUT2D eigenvalue weighted by atomic mass is 9.74. The Labute approximate surface area is 211 Å². The fourth-order valence-electron chi connectivity index (χ4n) is 4.92. The van der Waals surface area contributed by atoms with Crippen molar-refractivity contribution in [2.24, 2.45) is 5.41 Å². The monoisotopic (exact) mass is 497 g/mol. The van der Waals surface area contributed by atoms with Gasteiger partial charge in [-0.15, -0.1) is 11.8 Å². The number of methoxy groups -OCH3 is 1. The highest BCUT2D eigenvalue weighted by Crippen LogP contribution is 2.40. The smallest absolute Gasteiger partial charge is 0.119 e. The average Bonchev–Trinajstić information content (AvgIpc) is 2.92. The predicted molar refractivity (Wildman–Crippen MR) is 139 cm³/mol. The highest BCUT2D eigenvalue weighted by Gasteiger charge is 2.34. The number of nitrogens with zero attached hydrogens (tertiary/aromatic N) is 3. The quantitative estimate of drug-likeness (QED) is 0.344. The van der Waals surface area contributed by atoms with Gasteiger partial charge in [0.25, 0.3) is 0 Å². The molecular formula is C27H35N3O4S. The van der Waals surface area contributed by atoms with Crippen LogP contribution in [0.4, 0.5) is 0 Å². The number of aliphatic hydroxyl groups is 3. The Hall–Kier alpha value is -2.23. The molecule has 0 spiro atoms. The van der Waals surface area contributed by atoms with E-state index < -0.39 is 6.10 Å². The summed E-state index contributed by atoms with van der Waals surface area (Å²) in [6, 6.07) is 11.5. The molecule has 4 rings (SSSR count). The van der Waals surface area contributed by atoms with Crippen LogP contribution < -0.4 is 4.74 Å². The summed E-state index contributed by atoms with van der Waals surface area (Å²) >= 11 is 1.77. The lowest BCUT2D eigenvalue weighted by Gasteiger charge is -2.41. The van der Waals surface area contributed by atoms with Gasteiger partial charge >= 0.3 is 0 Å². The number of likely N-dealkylation sites (tertiary alicyclic amines) is 1. The minimum absolute atomic E-state index is 0.119. The van der Waals surface area contributed by atoms with E-state index in [1.807, 2.05) is 42.6 Å². The molecule has 0 aliphatic carbocycles. The Morgan fingerprint density at radius 1 is 1.14 bits per heavy atom. The zero-order valence-corrected chi connectivity index (χ0v) is 21.1. The largest absolute Gasteiger partial charge is 0.497 e. The van der Waals surface area contributed by atoms with E-state index in [4.69, 9.17) is 4.74 Å². The number of hydrogen-bond acceptors (Lipinski definition) is 8. The molecule has 0 amide bonds. The highest BCUT2D eigenvalue weighted by atomic mass is 32.2. The topological polar surface area (TPSA) is 98.9 Å². The Bertz CT molecular complexity index is 1090. The molecule has 35 heavy (non-hydrogen) atoms. The number of piperidine rings is 1. The molecule has 3 heterocycles. The van der Waals surface area contributed by atoms with Gasteiger partial charge in [0.05, 0.1) is 30.4 Å². The van der Waals surface area contributed by atoms with Crippen LogP contribution in [0.1, 0.15) is 42.9 Å². The standard InChI is InChI=1S/C27H35N3O4S/c1-34-21-5-6-23-22(16-21)26(20(18-31)17-29-23)24(33)7-8-27(19-32)9-12-30(13-10-27)14-15-35-25-4-2-3-11-28-25/h2-6,11,16-17,24,31-33H,7-10,12-15,18-19H2,1H3/t24-/m1/s1. The molecule has 1 atom stereocenters. The third kappa shape index (κ3) is 6.32. The maximum atomic E-state index is 11.2. The van der Waals surface area contributed by atoms with Crippen molar-refractivity contribution < 1.29 is 20.1 Å². The number of pyridine rings is 2. The van der Waals surface area contributed by atoms with Crippen molar-refractivity contribution in [2.45, 2.75) is 43.4 Å². The number of fused-ring (bicyclic) bond motifs is 1. The van der Waals surface area contributed by atoms with Crippen molar-refractivity contribution >= 4 is 22.7 Å². The van der Waals surface area contributed by atoms with Gasteiger partial charge in [0, 0.05) is 42.2 Å². The number of rotatable bonds is 11. The van der Waals surface area contributed by atoms with Gasteiger partial charge in [-0.1, -0.05) is 6.07 Å².